The van der Waals surface area contributed by atoms with Crippen LogP contribution in [0.5, 0.6) is 0 Å². The van der Waals surface area contributed by atoms with Crippen molar-refractivity contribution < 1.29 is 0 Å². The highest BCUT2D eigenvalue weighted by atomic mass is 14.8. The van der Waals surface area contributed by atoms with Crippen molar-refractivity contribution in [3.05, 3.63) is 36.8 Å². The highest BCUT2D eigenvalue weighted by Gasteiger charge is 1.86. The molecule has 0 saturated carbocycles. The summed E-state index contributed by atoms with van der Waals surface area (Å²) in [6.45, 7) is 0. The van der Waals surface area contributed by atoms with Crippen LogP contribution in [0.3, 0.4) is 0 Å². The molecule has 46 valence electrons. The molecular weight excluding hydrogens is 124 g/mol. The maximum Gasteiger partial charge on any atom is 0.116 e. The van der Waals surface area contributed by atoms with Gasteiger partial charge in [-0.25, -0.2) is 9.97 Å². The molecule has 0 radical (unpaired) electrons. The van der Waals surface area contributed by atoms with Crippen molar-refractivity contribution in [2.45, 2.75) is 0 Å². The van der Waals surface area contributed by atoms with Crippen LogP contribution in [0.15, 0.2) is 24.7 Å². The average Bonchev–Trinajstić information content (AvgIpc) is 2.05. The lowest BCUT2D eigenvalue weighted by molar-refractivity contribution is 1.22. The van der Waals surface area contributed by atoms with Gasteiger partial charge in [-0.3, -0.25) is 0 Å². The maximum atomic E-state index is 4.02. The summed E-state index contributed by atoms with van der Waals surface area (Å²) in [5, 5.41) is 1.00. The van der Waals surface area contributed by atoms with Crippen LogP contribution in [-0.2, 0) is 0 Å². The third-order valence-corrected chi connectivity index (χ3v) is 1.29. The molecule has 1 aromatic carbocycles. The van der Waals surface area contributed by atoms with Gasteiger partial charge in [0.05, 0.1) is 5.52 Å². The largest absolute Gasteiger partial charge is 0.244 e. The van der Waals surface area contributed by atoms with Gasteiger partial charge in [0, 0.05) is 17.6 Å². The summed E-state index contributed by atoms with van der Waals surface area (Å²) in [5.74, 6) is 0. The van der Waals surface area contributed by atoms with E-state index >= 15 is 0 Å². The van der Waals surface area contributed by atoms with E-state index in [-0.39, 0.29) is 0 Å². The summed E-state index contributed by atoms with van der Waals surface area (Å²) in [6.07, 6.45) is 3.28. The van der Waals surface area contributed by atoms with E-state index in [9.17, 15) is 0 Å². The Morgan fingerprint density at radius 1 is 1.20 bits per heavy atom. The Morgan fingerprint density at radius 3 is 3.00 bits per heavy atom. The van der Waals surface area contributed by atoms with Crippen molar-refractivity contribution in [1.82, 2.24) is 9.97 Å². The molecule has 1 aromatic heterocycles. The first-order chi connectivity index (χ1) is 4.97. The fourth-order valence-corrected chi connectivity index (χ4v) is 0.811. The monoisotopic (exact) mass is 128 g/mol. The maximum absolute atomic E-state index is 4.02. The first-order valence-corrected chi connectivity index (χ1v) is 2.94. The van der Waals surface area contributed by atoms with E-state index in [0.29, 0.717) is 0 Å². The SMILES string of the molecule is c1cc2cncnc2cc#1. The quantitative estimate of drug-likeness (QED) is 0.533. The number of nitrogens with zero attached hydrogens (tertiary/aromatic N) is 2. The van der Waals surface area contributed by atoms with E-state index in [4.69, 9.17) is 0 Å². The van der Waals surface area contributed by atoms with Gasteiger partial charge in [0.2, 0.25) is 0 Å². The molecule has 2 rings (SSSR count). The first kappa shape index (κ1) is 5.19. The van der Waals surface area contributed by atoms with Crippen LogP contribution >= 0.6 is 0 Å². The molecule has 0 atom stereocenters. The van der Waals surface area contributed by atoms with Crippen molar-refractivity contribution in [1.29, 1.82) is 0 Å². The zero-order chi connectivity index (χ0) is 6.81. The molecule has 0 bridgehead atoms. The Balaban J connectivity index is 2.89. The predicted molar refractivity (Wildman–Crippen MR) is 37.2 cm³/mol. The first-order valence-electron chi connectivity index (χ1n) is 2.94. The van der Waals surface area contributed by atoms with E-state index < -0.39 is 0 Å². The number of aromatic nitrogens is 2. The summed E-state index contributed by atoms with van der Waals surface area (Å²) >= 11 is 0. The van der Waals surface area contributed by atoms with E-state index in [0.717, 1.165) is 10.9 Å². The molecule has 2 nitrogen and oxygen atoms in total. The van der Waals surface area contributed by atoms with Crippen LogP contribution in [0.25, 0.3) is 10.9 Å². The minimum Gasteiger partial charge on any atom is -0.244 e. The van der Waals surface area contributed by atoms with Gasteiger partial charge < -0.3 is 0 Å². The van der Waals surface area contributed by atoms with Crippen molar-refractivity contribution in [3.8, 4) is 0 Å². The second kappa shape index (κ2) is 1.96. The van der Waals surface area contributed by atoms with E-state index in [1.54, 1.807) is 12.3 Å². The third kappa shape index (κ3) is 0.688. The third-order valence-electron chi connectivity index (χ3n) is 1.29. The molecule has 0 fully saturated rings. The minimum absolute atomic E-state index is 0.911. The van der Waals surface area contributed by atoms with Crippen LogP contribution in [0.1, 0.15) is 0 Å². The molecular formula is C8H4N2. The molecule has 0 aliphatic rings. The molecule has 0 amide bonds. The van der Waals surface area contributed by atoms with Gasteiger partial charge in [0.1, 0.15) is 6.33 Å². The molecule has 0 spiro atoms. The lowest BCUT2D eigenvalue weighted by Gasteiger charge is -1.87. The summed E-state index contributed by atoms with van der Waals surface area (Å²) in [5.41, 5.74) is 0.911. The van der Waals surface area contributed by atoms with Gasteiger partial charge in [-0.1, -0.05) is 12.1 Å². The summed E-state index contributed by atoms with van der Waals surface area (Å²) in [7, 11) is 0. The van der Waals surface area contributed by atoms with Gasteiger partial charge in [-0.05, 0) is 6.07 Å². The topological polar surface area (TPSA) is 25.8 Å². The van der Waals surface area contributed by atoms with Gasteiger partial charge in [0.15, 0.2) is 0 Å². The molecule has 0 saturated heterocycles. The summed E-state index contributed by atoms with van der Waals surface area (Å²) < 4.78 is 0. The van der Waals surface area contributed by atoms with Gasteiger partial charge >= 0.3 is 0 Å². The fraction of sp³-hybridized carbons (Fsp3) is 0. The Kier molecular flexibility index (Phi) is 1.02. The molecule has 1 heterocycles. The molecule has 0 aliphatic carbocycles. The number of rotatable bonds is 0. The van der Waals surface area contributed by atoms with Crippen molar-refractivity contribution in [2.75, 3.05) is 0 Å². The van der Waals surface area contributed by atoms with Crippen LogP contribution < -0.4 is 0 Å². The van der Waals surface area contributed by atoms with Crippen molar-refractivity contribution in [2.24, 2.45) is 0 Å². The van der Waals surface area contributed by atoms with Crippen LogP contribution in [0.4, 0.5) is 0 Å². The highest BCUT2D eigenvalue weighted by Crippen LogP contribution is 2.03. The Bertz CT molecular complexity index is 278. The molecule has 0 aliphatic heterocycles. The van der Waals surface area contributed by atoms with Crippen molar-refractivity contribution >= 4 is 10.9 Å². The Morgan fingerprint density at radius 2 is 2.10 bits per heavy atom. The Hall–Kier alpha value is -1.62. The predicted octanol–water partition coefficient (Wildman–Crippen LogP) is 1.23. The van der Waals surface area contributed by atoms with E-state index in [1.807, 2.05) is 6.07 Å². The molecule has 10 heavy (non-hydrogen) atoms. The molecule has 0 N–H and O–H groups in total. The summed E-state index contributed by atoms with van der Waals surface area (Å²) in [4.78, 5) is 7.89. The van der Waals surface area contributed by atoms with Gasteiger partial charge in [-0.2, -0.15) is 0 Å². The van der Waals surface area contributed by atoms with Crippen molar-refractivity contribution in [3.63, 3.8) is 0 Å². The lowest BCUT2D eigenvalue weighted by atomic mass is 10.3. The molecule has 2 aromatic rings. The smallest absolute Gasteiger partial charge is 0.116 e. The minimum atomic E-state index is 0.911. The second-order valence-electron chi connectivity index (χ2n) is 1.94. The zero-order valence-corrected chi connectivity index (χ0v) is 5.20. The number of hydrogen-bond donors (Lipinski definition) is 0. The highest BCUT2D eigenvalue weighted by molar-refractivity contribution is 5.75. The fourth-order valence-electron chi connectivity index (χ4n) is 0.811. The van der Waals surface area contributed by atoms with Crippen LogP contribution in [0.2, 0.25) is 0 Å². The zero-order valence-electron chi connectivity index (χ0n) is 5.20. The van der Waals surface area contributed by atoms with Crippen LogP contribution in [0, 0.1) is 12.1 Å². The second-order valence-corrected chi connectivity index (χ2v) is 1.94. The van der Waals surface area contributed by atoms with E-state index in [1.165, 1.54) is 6.33 Å². The number of hydrogen-bond acceptors (Lipinski definition) is 2. The number of fused-ring (bicyclic) bond motifs is 1. The molecule has 0 unspecified atom stereocenters. The molecule has 2 heteroatoms. The normalized spacial score (nSPS) is 9.20. The van der Waals surface area contributed by atoms with Gasteiger partial charge in [0.25, 0.3) is 0 Å². The van der Waals surface area contributed by atoms with E-state index in [2.05, 4.69) is 22.1 Å². The van der Waals surface area contributed by atoms with Crippen LogP contribution in [-0.4, -0.2) is 9.97 Å². The van der Waals surface area contributed by atoms with Gasteiger partial charge in [-0.15, -0.1) is 0 Å². The lowest BCUT2D eigenvalue weighted by Crippen LogP contribution is -1.76. The summed E-state index contributed by atoms with van der Waals surface area (Å²) in [6, 6.07) is 9.25. The standard InChI is InChI=1S/C8H4N2/c1-2-4-8-7(3-1)5-9-6-10-8/h3-6H. The average molecular weight is 128 g/mol. The Labute approximate surface area is 58.6 Å².